The molecule has 1 rings (SSSR count). The minimum Gasteiger partial charge on any atom is -0.449 e. The van der Waals surface area contributed by atoms with Crippen LogP contribution in [0.4, 0.5) is 4.79 Å². The Labute approximate surface area is 116 Å². The molecule has 0 saturated carbocycles. The average Bonchev–Trinajstić information content (AvgIpc) is 2.66. The Balaban J connectivity index is 2.61. The van der Waals surface area contributed by atoms with Crippen LogP contribution in [0, 0.1) is 12.8 Å². The van der Waals surface area contributed by atoms with Gasteiger partial charge in [-0.2, -0.15) is 0 Å². The largest absolute Gasteiger partial charge is 0.449 e. The summed E-state index contributed by atoms with van der Waals surface area (Å²) in [5.41, 5.74) is 5.15. The molecule has 0 aromatic carbocycles. The Morgan fingerprint density at radius 1 is 1.37 bits per heavy atom. The molecule has 19 heavy (non-hydrogen) atoms. The summed E-state index contributed by atoms with van der Waals surface area (Å²) in [5, 5.41) is 0.925. The van der Waals surface area contributed by atoms with Gasteiger partial charge in [0.2, 0.25) is 0 Å². The van der Waals surface area contributed by atoms with Gasteiger partial charge >= 0.3 is 6.09 Å². The lowest BCUT2D eigenvalue weighted by Crippen LogP contribution is -2.41. The van der Waals surface area contributed by atoms with Gasteiger partial charge in [-0.15, -0.1) is 11.3 Å². The number of rotatable bonds is 4. The van der Waals surface area contributed by atoms with Gasteiger partial charge in [0.1, 0.15) is 4.88 Å². The lowest BCUT2D eigenvalue weighted by molar-refractivity contribution is 0.0916. The number of amides is 2. The highest BCUT2D eigenvalue weighted by molar-refractivity contribution is 7.13. The number of hydrogen-bond acceptors (Lipinski definition) is 5. The highest BCUT2D eigenvalue weighted by atomic mass is 32.1. The number of hydrogen-bond donors (Lipinski definition) is 2. The molecular formula is C12H19N3O3S. The molecule has 0 aliphatic heterocycles. The van der Waals surface area contributed by atoms with Gasteiger partial charge in [0.05, 0.1) is 17.3 Å². The monoisotopic (exact) mass is 285 g/mol. The number of carbonyl (C=O) groups excluding carboxylic acids is 2. The summed E-state index contributed by atoms with van der Waals surface area (Å²) >= 11 is 1.35. The van der Waals surface area contributed by atoms with Crippen LogP contribution in [0.1, 0.15) is 41.1 Å². The number of aromatic nitrogens is 1. The predicted octanol–water partition coefficient (Wildman–Crippen LogP) is 2.04. The van der Waals surface area contributed by atoms with Crippen LogP contribution in [0.25, 0.3) is 0 Å². The zero-order valence-electron chi connectivity index (χ0n) is 11.6. The van der Waals surface area contributed by atoms with E-state index in [9.17, 15) is 9.59 Å². The van der Waals surface area contributed by atoms with Gasteiger partial charge in [-0.3, -0.25) is 10.2 Å². The van der Waals surface area contributed by atoms with Crippen molar-refractivity contribution < 1.29 is 14.3 Å². The van der Waals surface area contributed by atoms with Crippen LogP contribution in [0.15, 0.2) is 0 Å². The fourth-order valence-corrected chi connectivity index (χ4v) is 2.60. The minimum absolute atomic E-state index is 0.250. The molecule has 0 aliphatic rings. The number of thiazole rings is 1. The molecule has 0 atom stereocenters. The molecule has 2 N–H and O–H groups in total. The van der Waals surface area contributed by atoms with E-state index in [1.807, 2.05) is 0 Å². The minimum atomic E-state index is -0.680. The van der Waals surface area contributed by atoms with E-state index in [0.29, 0.717) is 16.5 Å². The fourth-order valence-electron chi connectivity index (χ4n) is 1.43. The Kier molecular flexibility index (Phi) is 5.75. The van der Waals surface area contributed by atoms with E-state index in [1.54, 1.807) is 13.8 Å². The van der Waals surface area contributed by atoms with Gasteiger partial charge in [0.25, 0.3) is 5.91 Å². The maximum atomic E-state index is 11.9. The van der Waals surface area contributed by atoms with Crippen molar-refractivity contribution in [3.05, 3.63) is 15.6 Å². The van der Waals surface area contributed by atoms with E-state index >= 15 is 0 Å². The number of hydrazine groups is 1. The Morgan fingerprint density at radius 3 is 2.63 bits per heavy atom. The van der Waals surface area contributed by atoms with Crippen molar-refractivity contribution in [2.45, 2.75) is 34.1 Å². The molecule has 1 aromatic heterocycles. The van der Waals surface area contributed by atoms with Crippen LogP contribution in [0.2, 0.25) is 0 Å². The summed E-state index contributed by atoms with van der Waals surface area (Å²) in [5.74, 6) is 0.108. The van der Waals surface area contributed by atoms with Gasteiger partial charge < -0.3 is 4.74 Å². The summed E-state index contributed by atoms with van der Waals surface area (Å²) < 4.78 is 4.64. The third kappa shape index (κ3) is 4.86. The second kappa shape index (κ2) is 7.08. The van der Waals surface area contributed by atoms with Gasteiger partial charge in [-0.05, 0) is 19.8 Å². The summed E-state index contributed by atoms with van der Waals surface area (Å²) in [6.45, 7) is 7.91. The molecule has 0 saturated heterocycles. The van der Waals surface area contributed by atoms with Crippen LogP contribution >= 0.6 is 11.3 Å². The number of ether oxygens (including phenoxy) is 1. The lowest BCUT2D eigenvalue weighted by atomic mass is 10.1. The highest BCUT2D eigenvalue weighted by Crippen LogP contribution is 2.20. The molecule has 1 heterocycles. The second-order valence-corrected chi connectivity index (χ2v) is 5.50. The van der Waals surface area contributed by atoms with E-state index in [4.69, 9.17) is 0 Å². The Morgan fingerprint density at radius 2 is 2.05 bits per heavy atom. The first kappa shape index (κ1) is 15.4. The zero-order valence-corrected chi connectivity index (χ0v) is 12.4. The lowest BCUT2D eigenvalue weighted by Gasteiger charge is -2.05. The van der Waals surface area contributed by atoms with Crippen molar-refractivity contribution in [3.8, 4) is 0 Å². The first-order valence-corrected chi connectivity index (χ1v) is 6.95. The fraction of sp³-hybridized carbons (Fsp3) is 0.583. The molecule has 2 amide bonds. The van der Waals surface area contributed by atoms with E-state index in [1.165, 1.54) is 11.3 Å². The second-order valence-electron chi connectivity index (χ2n) is 4.42. The zero-order chi connectivity index (χ0) is 14.4. The van der Waals surface area contributed by atoms with Crippen LogP contribution in [-0.2, 0) is 11.2 Å². The van der Waals surface area contributed by atoms with E-state index in [2.05, 4.69) is 34.4 Å². The van der Waals surface area contributed by atoms with Crippen molar-refractivity contribution in [3.63, 3.8) is 0 Å². The highest BCUT2D eigenvalue weighted by Gasteiger charge is 2.16. The van der Waals surface area contributed by atoms with Crippen LogP contribution in [-0.4, -0.2) is 23.6 Å². The third-order valence-electron chi connectivity index (χ3n) is 2.18. The first-order chi connectivity index (χ1) is 8.93. The van der Waals surface area contributed by atoms with Gasteiger partial charge in [-0.25, -0.2) is 15.2 Å². The van der Waals surface area contributed by atoms with Gasteiger partial charge in [0, 0.05) is 6.42 Å². The molecule has 0 radical (unpaired) electrons. The molecule has 0 bridgehead atoms. The van der Waals surface area contributed by atoms with Crippen LogP contribution in [0.3, 0.4) is 0 Å². The molecule has 0 unspecified atom stereocenters. The van der Waals surface area contributed by atoms with Crippen molar-refractivity contribution >= 4 is 23.3 Å². The maximum Gasteiger partial charge on any atom is 0.426 e. The number of nitrogens with zero attached hydrogens (tertiary/aromatic N) is 1. The van der Waals surface area contributed by atoms with E-state index in [-0.39, 0.29) is 12.5 Å². The predicted molar refractivity (Wildman–Crippen MR) is 73.0 cm³/mol. The number of nitrogens with one attached hydrogen (secondary N) is 2. The number of carbonyl (C=O) groups is 2. The number of aryl methyl sites for hydroxylation is 1. The summed E-state index contributed by atoms with van der Waals surface area (Å²) in [7, 11) is 0. The van der Waals surface area contributed by atoms with Gasteiger partial charge in [0.15, 0.2) is 0 Å². The van der Waals surface area contributed by atoms with Crippen molar-refractivity contribution in [1.29, 1.82) is 0 Å². The topological polar surface area (TPSA) is 80.3 Å². The molecule has 6 nitrogen and oxygen atoms in total. The standard InChI is InChI=1S/C12H19N3O3S/c1-5-18-12(17)15-14-11(16)10-8(4)13-9(19-10)6-7(2)3/h7H,5-6H2,1-4H3,(H,14,16)(H,15,17). The smallest absolute Gasteiger partial charge is 0.426 e. The van der Waals surface area contributed by atoms with E-state index in [0.717, 1.165) is 11.4 Å². The molecule has 0 fully saturated rings. The maximum absolute atomic E-state index is 11.9. The van der Waals surface area contributed by atoms with Crippen molar-refractivity contribution in [2.75, 3.05) is 6.61 Å². The van der Waals surface area contributed by atoms with Crippen molar-refractivity contribution in [2.24, 2.45) is 5.92 Å². The molecule has 7 heteroatoms. The van der Waals surface area contributed by atoms with E-state index < -0.39 is 6.09 Å². The average molecular weight is 285 g/mol. The molecule has 0 spiro atoms. The summed E-state index contributed by atoms with van der Waals surface area (Å²) in [6.07, 6.45) is 0.157. The quantitative estimate of drug-likeness (QED) is 0.830. The van der Waals surface area contributed by atoms with Crippen molar-refractivity contribution in [1.82, 2.24) is 15.8 Å². The Hall–Kier alpha value is -1.63. The Bertz CT molecular complexity index is 457. The van der Waals surface area contributed by atoms with Crippen LogP contribution < -0.4 is 10.9 Å². The summed E-state index contributed by atoms with van der Waals surface area (Å²) in [6, 6.07) is 0. The SMILES string of the molecule is CCOC(=O)NNC(=O)c1sc(CC(C)C)nc1C. The molecule has 106 valence electrons. The molecular weight excluding hydrogens is 266 g/mol. The molecule has 1 aromatic rings. The third-order valence-corrected chi connectivity index (χ3v) is 3.36. The normalized spacial score (nSPS) is 10.4. The first-order valence-electron chi connectivity index (χ1n) is 6.13. The molecule has 0 aliphatic carbocycles. The van der Waals surface area contributed by atoms with Gasteiger partial charge in [-0.1, -0.05) is 13.8 Å². The van der Waals surface area contributed by atoms with Crippen LogP contribution in [0.5, 0.6) is 0 Å². The summed E-state index contributed by atoms with van der Waals surface area (Å²) in [4.78, 5) is 27.8.